The Morgan fingerprint density at radius 3 is 1.73 bits per heavy atom. The van der Waals surface area contributed by atoms with E-state index in [1.54, 1.807) is 48.9 Å². The Hall–Kier alpha value is -3.61. The van der Waals surface area contributed by atoms with Gasteiger partial charge < -0.3 is 28.4 Å². The SMILES string of the molecule is COc1cc(/C=C/c2nccc3cc(OC)c(OC)c(OC)c23)cc(OC)c1OC. The lowest BCUT2D eigenvalue weighted by molar-refractivity contribution is 0.324. The number of rotatable bonds is 8. The Bertz CT molecular complexity index is 1050. The highest BCUT2D eigenvalue weighted by Crippen LogP contribution is 2.44. The molecule has 30 heavy (non-hydrogen) atoms. The van der Waals surface area contributed by atoms with E-state index in [0.717, 1.165) is 22.0 Å². The molecule has 0 amide bonds. The molecule has 0 aliphatic rings. The summed E-state index contributed by atoms with van der Waals surface area (Å²) in [5, 5.41) is 1.74. The van der Waals surface area contributed by atoms with Crippen LogP contribution in [0.3, 0.4) is 0 Å². The van der Waals surface area contributed by atoms with Gasteiger partial charge in [0.25, 0.3) is 0 Å². The summed E-state index contributed by atoms with van der Waals surface area (Å²) in [6.45, 7) is 0. The molecule has 0 aliphatic heterocycles. The van der Waals surface area contributed by atoms with Crippen molar-refractivity contribution in [1.82, 2.24) is 4.98 Å². The lowest BCUT2D eigenvalue weighted by atomic mass is 10.1. The molecule has 3 aromatic rings. The number of hydrogen-bond acceptors (Lipinski definition) is 7. The van der Waals surface area contributed by atoms with E-state index in [4.69, 9.17) is 28.4 Å². The first-order chi connectivity index (χ1) is 14.6. The number of hydrogen-bond donors (Lipinski definition) is 0. The van der Waals surface area contributed by atoms with Crippen LogP contribution >= 0.6 is 0 Å². The van der Waals surface area contributed by atoms with Gasteiger partial charge in [0.2, 0.25) is 11.5 Å². The molecule has 1 heterocycles. The van der Waals surface area contributed by atoms with Crippen molar-refractivity contribution in [3.8, 4) is 34.5 Å². The summed E-state index contributed by atoms with van der Waals surface area (Å²) in [5.74, 6) is 3.36. The van der Waals surface area contributed by atoms with Crippen molar-refractivity contribution in [3.05, 3.63) is 41.7 Å². The zero-order chi connectivity index (χ0) is 21.7. The maximum atomic E-state index is 5.65. The highest BCUT2D eigenvalue weighted by Gasteiger charge is 2.18. The van der Waals surface area contributed by atoms with E-state index in [-0.39, 0.29) is 0 Å². The van der Waals surface area contributed by atoms with Crippen molar-refractivity contribution < 1.29 is 28.4 Å². The Morgan fingerprint density at radius 2 is 1.20 bits per heavy atom. The monoisotopic (exact) mass is 411 g/mol. The van der Waals surface area contributed by atoms with Crippen LogP contribution < -0.4 is 28.4 Å². The quantitative estimate of drug-likeness (QED) is 0.542. The number of ether oxygens (including phenoxy) is 6. The van der Waals surface area contributed by atoms with Gasteiger partial charge in [-0.05, 0) is 41.3 Å². The molecule has 0 spiro atoms. The lowest BCUT2D eigenvalue weighted by Gasteiger charge is -2.15. The molecule has 0 saturated heterocycles. The summed E-state index contributed by atoms with van der Waals surface area (Å²) in [6, 6.07) is 7.53. The Balaban J connectivity index is 2.16. The molecule has 7 heteroatoms. The number of fused-ring (bicyclic) bond motifs is 1. The summed E-state index contributed by atoms with van der Waals surface area (Å²) < 4.78 is 32.9. The summed E-state index contributed by atoms with van der Waals surface area (Å²) in [4.78, 5) is 4.53. The van der Waals surface area contributed by atoms with Gasteiger partial charge in [-0.15, -0.1) is 0 Å². The highest BCUT2D eigenvalue weighted by molar-refractivity contribution is 5.99. The molecule has 0 radical (unpaired) electrons. The molecule has 7 nitrogen and oxygen atoms in total. The first-order valence-corrected chi connectivity index (χ1v) is 9.17. The predicted octanol–water partition coefficient (Wildman–Crippen LogP) is 4.46. The average Bonchev–Trinajstić information content (AvgIpc) is 2.80. The van der Waals surface area contributed by atoms with E-state index in [1.807, 2.05) is 36.4 Å². The molecule has 0 bridgehead atoms. The minimum Gasteiger partial charge on any atom is -0.493 e. The fraction of sp³-hybridized carbons (Fsp3) is 0.261. The third kappa shape index (κ3) is 3.78. The van der Waals surface area contributed by atoms with Crippen LogP contribution in [-0.2, 0) is 0 Å². The zero-order valence-corrected chi connectivity index (χ0v) is 17.9. The van der Waals surface area contributed by atoms with Crippen molar-refractivity contribution in [2.75, 3.05) is 42.7 Å². The van der Waals surface area contributed by atoms with E-state index in [1.165, 1.54) is 0 Å². The molecule has 1 aromatic heterocycles. The van der Waals surface area contributed by atoms with Crippen LogP contribution in [0.5, 0.6) is 34.5 Å². The molecule has 0 N–H and O–H groups in total. The number of pyridine rings is 1. The minimum absolute atomic E-state index is 0.517. The molecule has 158 valence electrons. The molecule has 0 unspecified atom stereocenters. The van der Waals surface area contributed by atoms with Gasteiger partial charge in [0.15, 0.2) is 23.0 Å². The molecule has 3 rings (SSSR count). The molecular weight excluding hydrogens is 386 g/mol. The highest BCUT2D eigenvalue weighted by atomic mass is 16.5. The van der Waals surface area contributed by atoms with Gasteiger partial charge in [0.05, 0.1) is 53.7 Å². The molecule has 0 saturated carbocycles. The maximum absolute atomic E-state index is 5.65. The number of nitrogens with zero attached hydrogens (tertiary/aromatic N) is 1. The van der Waals surface area contributed by atoms with Gasteiger partial charge in [-0.3, -0.25) is 4.98 Å². The van der Waals surface area contributed by atoms with E-state index >= 15 is 0 Å². The number of benzene rings is 2. The largest absolute Gasteiger partial charge is 0.493 e. The first kappa shape index (κ1) is 21.1. The molecule has 0 aliphatic carbocycles. The van der Waals surface area contributed by atoms with Gasteiger partial charge in [-0.2, -0.15) is 0 Å². The van der Waals surface area contributed by atoms with Gasteiger partial charge in [0.1, 0.15) is 0 Å². The van der Waals surface area contributed by atoms with Gasteiger partial charge in [-0.25, -0.2) is 0 Å². The Kier molecular flexibility index (Phi) is 6.51. The smallest absolute Gasteiger partial charge is 0.204 e. The maximum Gasteiger partial charge on any atom is 0.204 e. The van der Waals surface area contributed by atoms with Crippen molar-refractivity contribution in [2.45, 2.75) is 0 Å². The second kappa shape index (κ2) is 9.26. The minimum atomic E-state index is 0.517. The van der Waals surface area contributed by atoms with Gasteiger partial charge in [-0.1, -0.05) is 6.08 Å². The van der Waals surface area contributed by atoms with Crippen LogP contribution in [0.1, 0.15) is 11.3 Å². The molecule has 0 atom stereocenters. The van der Waals surface area contributed by atoms with Crippen molar-refractivity contribution >= 4 is 22.9 Å². The summed E-state index contributed by atoms with van der Waals surface area (Å²) in [6.07, 6.45) is 5.56. The zero-order valence-electron chi connectivity index (χ0n) is 17.9. The van der Waals surface area contributed by atoms with Crippen LogP contribution in [0, 0.1) is 0 Å². The van der Waals surface area contributed by atoms with Crippen molar-refractivity contribution in [3.63, 3.8) is 0 Å². The normalized spacial score (nSPS) is 10.9. The summed E-state index contributed by atoms with van der Waals surface area (Å²) >= 11 is 0. The van der Waals surface area contributed by atoms with Gasteiger partial charge in [0, 0.05) is 6.20 Å². The van der Waals surface area contributed by atoms with E-state index < -0.39 is 0 Å². The van der Waals surface area contributed by atoms with Crippen LogP contribution in [0.15, 0.2) is 30.5 Å². The van der Waals surface area contributed by atoms with Crippen LogP contribution in [0.25, 0.3) is 22.9 Å². The molecule has 0 fully saturated rings. The number of methoxy groups -OCH3 is 6. The fourth-order valence-corrected chi connectivity index (χ4v) is 3.33. The third-order valence-corrected chi connectivity index (χ3v) is 4.71. The molecular formula is C23H25NO6. The van der Waals surface area contributed by atoms with E-state index in [9.17, 15) is 0 Å². The second-order valence-electron chi connectivity index (χ2n) is 6.23. The van der Waals surface area contributed by atoms with E-state index in [0.29, 0.717) is 34.5 Å². The molecule has 2 aromatic carbocycles. The topological polar surface area (TPSA) is 68.3 Å². The standard InChI is InChI=1S/C23H25NO6/c1-25-17-11-14(12-18(26-2)21(17)28-4)7-8-16-20-15(9-10-24-16)13-19(27-3)22(29-5)23(20)30-6/h7-13H,1-6H3/b8-7+. The third-order valence-electron chi connectivity index (χ3n) is 4.71. The first-order valence-electron chi connectivity index (χ1n) is 9.17. The van der Waals surface area contributed by atoms with Crippen molar-refractivity contribution in [1.29, 1.82) is 0 Å². The van der Waals surface area contributed by atoms with Crippen LogP contribution in [0.2, 0.25) is 0 Å². The van der Waals surface area contributed by atoms with Crippen LogP contribution in [0.4, 0.5) is 0 Å². The fourth-order valence-electron chi connectivity index (χ4n) is 3.33. The Labute approximate surface area is 175 Å². The summed E-state index contributed by atoms with van der Waals surface area (Å²) in [7, 11) is 9.51. The summed E-state index contributed by atoms with van der Waals surface area (Å²) in [5.41, 5.74) is 1.59. The number of aromatic nitrogens is 1. The second-order valence-corrected chi connectivity index (χ2v) is 6.23. The van der Waals surface area contributed by atoms with Crippen molar-refractivity contribution in [2.24, 2.45) is 0 Å². The average molecular weight is 411 g/mol. The lowest BCUT2D eigenvalue weighted by Crippen LogP contribution is -1.98. The predicted molar refractivity (Wildman–Crippen MR) is 116 cm³/mol. The van der Waals surface area contributed by atoms with Crippen LogP contribution in [-0.4, -0.2) is 47.6 Å². The van der Waals surface area contributed by atoms with Gasteiger partial charge >= 0.3 is 0 Å². The Morgan fingerprint density at radius 1 is 0.633 bits per heavy atom. The van der Waals surface area contributed by atoms with E-state index in [2.05, 4.69) is 4.98 Å².